The Hall–Kier alpha value is -0.590. The maximum absolute atomic E-state index is 11.7. The second-order valence-electron chi connectivity index (χ2n) is 3.54. The van der Waals surface area contributed by atoms with E-state index in [0.29, 0.717) is 23.8 Å². The molecule has 0 unspecified atom stereocenters. The zero-order chi connectivity index (χ0) is 12.2. The molecule has 0 fully saturated rings. The monoisotopic (exact) mass is 266 g/mol. The lowest BCUT2D eigenvalue weighted by Crippen LogP contribution is -2.29. The van der Waals surface area contributed by atoms with E-state index in [4.69, 9.17) is 16.1 Å². The molecule has 0 spiro atoms. The van der Waals surface area contributed by atoms with Gasteiger partial charge in [0.15, 0.2) is 0 Å². The van der Waals surface area contributed by atoms with Crippen molar-refractivity contribution in [2.75, 3.05) is 18.7 Å². The molecule has 1 aromatic rings. The third-order valence-corrected chi connectivity index (χ3v) is 4.22. The van der Waals surface area contributed by atoms with Gasteiger partial charge in [-0.3, -0.25) is 0 Å². The molecule has 0 atom stereocenters. The fraction of sp³-hybridized carbons (Fsp3) is 0.667. The number of hydrogen-bond acceptors (Lipinski definition) is 4. The van der Waals surface area contributed by atoms with E-state index in [9.17, 15) is 8.42 Å². The summed E-state index contributed by atoms with van der Waals surface area (Å²) in [6, 6.07) is 1.72. The van der Waals surface area contributed by atoms with E-state index in [1.54, 1.807) is 13.0 Å². The van der Waals surface area contributed by atoms with Crippen LogP contribution in [-0.2, 0) is 16.6 Å². The van der Waals surface area contributed by atoms with Crippen molar-refractivity contribution in [1.29, 1.82) is 0 Å². The van der Waals surface area contributed by atoms with Gasteiger partial charge in [0.2, 0.25) is 10.0 Å². The SMILES string of the molecule is Cc1cc(CN(C)S(=O)(=O)CCCCl)no1. The third-order valence-electron chi connectivity index (χ3n) is 2.07. The number of hydrogen-bond donors (Lipinski definition) is 0. The summed E-state index contributed by atoms with van der Waals surface area (Å²) in [6.45, 7) is 1.99. The Morgan fingerprint density at radius 3 is 2.75 bits per heavy atom. The van der Waals surface area contributed by atoms with Crippen molar-refractivity contribution in [3.63, 3.8) is 0 Å². The molecule has 1 heterocycles. The molecule has 1 rings (SSSR count). The van der Waals surface area contributed by atoms with Crippen molar-refractivity contribution >= 4 is 21.6 Å². The first kappa shape index (κ1) is 13.5. The predicted octanol–water partition coefficient (Wildman–Crippen LogP) is 1.37. The normalized spacial score (nSPS) is 12.2. The Balaban J connectivity index is 2.61. The molecule has 0 aliphatic rings. The minimum atomic E-state index is -3.24. The van der Waals surface area contributed by atoms with Crippen LogP contribution >= 0.6 is 11.6 Å². The number of sulfonamides is 1. The molecule has 0 amide bonds. The highest BCUT2D eigenvalue weighted by Crippen LogP contribution is 2.09. The molecular weight excluding hydrogens is 252 g/mol. The van der Waals surface area contributed by atoms with Crippen molar-refractivity contribution in [3.8, 4) is 0 Å². The van der Waals surface area contributed by atoms with Gasteiger partial charge < -0.3 is 4.52 Å². The van der Waals surface area contributed by atoms with E-state index >= 15 is 0 Å². The molecule has 0 bridgehead atoms. The van der Waals surface area contributed by atoms with Crippen LogP contribution in [0.4, 0.5) is 0 Å². The number of aromatic nitrogens is 1. The fourth-order valence-electron chi connectivity index (χ4n) is 1.21. The molecule has 7 heteroatoms. The highest BCUT2D eigenvalue weighted by atomic mass is 35.5. The first-order chi connectivity index (χ1) is 7.45. The Kier molecular flexibility index (Phi) is 4.76. The quantitative estimate of drug-likeness (QED) is 0.730. The highest BCUT2D eigenvalue weighted by molar-refractivity contribution is 7.89. The standard InChI is InChI=1S/C9H15ClN2O3S/c1-8-6-9(11-15-8)7-12(2)16(13,14)5-3-4-10/h6H,3-5,7H2,1-2H3. The van der Waals surface area contributed by atoms with Crippen LogP contribution in [0.1, 0.15) is 17.9 Å². The zero-order valence-corrected chi connectivity index (χ0v) is 10.9. The lowest BCUT2D eigenvalue weighted by atomic mass is 10.4. The molecule has 0 saturated carbocycles. The number of halogens is 1. The highest BCUT2D eigenvalue weighted by Gasteiger charge is 2.18. The van der Waals surface area contributed by atoms with Gasteiger partial charge >= 0.3 is 0 Å². The molecule has 0 aromatic carbocycles. The van der Waals surface area contributed by atoms with E-state index in [2.05, 4.69) is 5.16 Å². The molecule has 0 aliphatic carbocycles. The van der Waals surface area contributed by atoms with Crippen molar-refractivity contribution in [3.05, 3.63) is 17.5 Å². The molecule has 0 N–H and O–H groups in total. The summed E-state index contributed by atoms with van der Waals surface area (Å²) in [6.07, 6.45) is 0.450. The van der Waals surface area contributed by atoms with Crippen molar-refractivity contribution in [2.24, 2.45) is 0 Å². The van der Waals surface area contributed by atoms with Crippen LogP contribution in [0.2, 0.25) is 0 Å². The number of alkyl halides is 1. The van der Waals surface area contributed by atoms with Crippen LogP contribution in [0.3, 0.4) is 0 Å². The molecule has 5 nitrogen and oxygen atoms in total. The van der Waals surface area contributed by atoms with Crippen LogP contribution in [0.15, 0.2) is 10.6 Å². The Bertz CT molecular complexity index is 430. The summed E-state index contributed by atoms with van der Waals surface area (Å²) in [7, 11) is -1.72. The van der Waals surface area contributed by atoms with Gasteiger partial charge in [-0.2, -0.15) is 4.31 Å². The summed E-state index contributed by atoms with van der Waals surface area (Å²) < 4.78 is 29.5. The van der Waals surface area contributed by atoms with E-state index in [0.717, 1.165) is 0 Å². The van der Waals surface area contributed by atoms with Crippen LogP contribution in [0.25, 0.3) is 0 Å². The first-order valence-corrected chi connectivity index (χ1v) is 7.02. The molecule has 0 radical (unpaired) electrons. The average molecular weight is 267 g/mol. The van der Waals surface area contributed by atoms with Crippen LogP contribution in [0.5, 0.6) is 0 Å². The Morgan fingerprint density at radius 2 is 2.25 bits per heavy atom. The summed E-state index contributed by atoms with van der Waals surface area (Å²) in [5.74, 6) is 1.07. The average Bonchev–Trinajstić information content (AvgIpc) is 2.61. The molecule has 92 valence electrons. The summed E-state index contributed by atoms with van der Waals surface area (Å²) in [5, 5.41) is 3.74. The minimum Gasteiger partial charge on any atom is -0.361 e. The fourth-order valence-corrected chi connectivity index (χ4v) is 2.65. The predicted molar refractivity (Wildman–Crippen MR) is 61.8 cm³/mol. The van der Waals surface area contributed by atoms with Gasteiger partial charge in [-0.15, -0.1) is 11.6 Å². The Morgan fingerprint density at radius 1 is 1.56 bits per heavy atom. The van der Waals surface area contributed by atoms with E-state index < -0.39 is 10.0 Å². The van der Waals surface area contributed by atoms with E-state index in [-0.39, 0.29) is 12.3 Å². The molecular formula is C9H15ClN2O3S. The van der Waals surface area contributed by atoms with Gasteiger partial charge in [-0.25, -0.2) is 8.42 Å². The lowest BCUT2D eigenvalue weighted by Gasteiger charge is -2.14. The van der Waals surface area contributed by atoms with Gasteiger partial charge in [0.1, 0.15) is 5.76 Å². The summed E-state index contributed by atoms with van der Waals surface area (Å²) >= 11 is 5.47. The van der Waals surface area contributed by atoms with Crippen molar-refractivity contribution in [1.82, 2.24) is 9.46 Å². The topological polar surface area (TPSA) is 63.4 Å². The zero-order valence-electron chi connectivity index (χ0n) is 9.31. The smallest absolute Gasteiger partial charge is 0.214 e. The Labute approximate surface area is 100 Å². The largest absolute Gasteiger partial charge is 0.361 e. The first-order valence-electron chi connectivity index (χ1n) is 4.88. The van der Waals surface area contributed by atoms with Crippen LogP contribution in [0, 0.1) is 6.92 Å². The lowest BCUT2D eigenvalue weighted by molar-refractivity contribution is 0.378. The number of rotatable bonds is 6. The molecule has 1 aromatic heterocycles. The molecule has 0 saturated heterocycles. The van der Waals surface area contributed by atoms with Gasteiger partial charge in [0.25, 0.3) is 0 Å². The summed E-state index contributed by atoms with van der Waals surface area (Å²) in [5.41, 5.74) is 0.606. The van der Waals surface area contributed by atoms with E-state index in [1.165, 1.54) is 11.4 Å². The minimum absolute atomic E-state index is 0.0594. The van der Waals surface area contributed by atoms with Crippen molar-refractivity contribution in [2.45, 2.75) is 19.9 Å². The van der Waals surface area contributed by atoms with E-state index in [1.807, 2.05) is 0 Å². The summed E-state index contributed by atoms with van der Waals surface area (Å²) in [4.78, 5) is 0. The third kappa shape index (κ3) is 3.77. The van der Waals surface area contributed by atoms with Crippen LogP contribution < -0.4 is 0 Å². The van der Waals surface area contributed by atoms with Gasteiger partial charge in [0.05, 0.1) is 18.0 Å². The van der Waals surface area contributed by atoms with Crippen molar-refractivity contribution < 1.29 is 12.9 Å². The second-order valence-corrected chi connectivity index (χ2v) is 6.12. The number of aryl methyl sites for hydroxylation is 1. The van der Waals surface area contributed by atoms with Gasteiger partial charge in [-0.1, -0.05) is 5.16 Å². The molecule has 0 aliphatic heterocycles. The maximum atomic E-state index is 11.7. The molecule has 16 heavy (non-hydrogen) atoms. The maximum Gasteiger partial charge on any atom is 0.214 e. The van der Waals surface area contributed by atoms with Gasteiger partial charge in [-0.05, 0) is 13.3 Å². The van der Waals surface area contributed by atoms with Crippen LogP contribution in [-0.4, -0.2) is 36.6 Å². The second kappa shape index (κ2) is 5.65. The van der Waals surface area contributed by atoms with Gasteiger partial charge in [0, 0.05) is 19.0 Å². The number of nitrogens with zero attached hydrogens (tertiary/aromatic N) is 2.